The minimum atomic E-state index is -4.78. The highest BCUT2D eigenvalue weighted by Crippen LogP contribution is 2.36. The van der Waals surface area contributed by atoms with Crippen molar-refractivity contribution in [2.24, 2.45) is 11.8 Å². The molecule has 9 heteroatoms. The topological polar surface area (TPSA) is 80.8 Å². The Balaban J connectivity index is 1.89. The quantitative estimate of drug-likeness (QED) is 0.614. The maximum Gasteiger partial charge on any atom is 0.321 e. The van der Waals surface area contributed by atoms with Crippen LogP contribution in [0.15, 0.2) is 35.2 Å². The molecule has 122 valence electrons. The number of rotatable bonds is 3. The summed E-state index contributed by atoms with van der Waals surface area (Å²) in [5, 5.41) is 0.167. The Kier molecular flexibility index (Phi) is 3.77. The van der Waals surface area contributed by atoms with E-state index >= 15 is 0 Å². The van der Waals surface area contributed by atoms with Crippen molar-refractivity contribution in [3.63, 3.8) is 0 Å². The lowest BCUT2D eigenvalue weighted by atomic mass is 9.85. The van der Waals surface area contributed by atoms with Gasteiger partial charge >= 0.3 is 10.1 Å². The van der Waals surface area contributed by atoms with E-state index in [0.717, 1.165) is 6.07 Å². The largest absolute Gasteiger partial charge is 0.321 e. The van der Waals surface area contributed by atoms with E-state index in [-0.39, 0.29) is 5.06 Å². The van der Waals surface area contributed by atoms with Crippen LogP contribution in [0.5, 0.6) is 0 Å². The van der Waals surface area contributed by atoms with E-state index in [9.17, 15) is 26.8 Å². The molecule has 1 aliphatic carbocycles. The van der Waals surface area contributed by atoms with Gasteiger partial charge in [-0.25, -0.2) is 8.78 Å². The number of allylic oxidation sites excluding steroid dienone is 2. The Hall–Kier alpha value is -2.13. The van der Waals surface area contributed by atoms with Gasteiger partial charge in [0.05, 0.1) is 11.8 Å². The summed E-state index contributed by atoms with van der Waals surface area (Å²) >= 11 is 0. The van der Waals surface area contributed by atoms with Gasteiger partial charge < -0.3 is 0 Å². The predicted octanol–water partition coefficient (Wildman–Crippen LogP) is 1.54. The molecule has 6 nitrogen and oxygen atoms in total. The van der Waals surface area contributed by atoms with Gasteiger partial charge in [0, 0.05) is 6.07 Å². The van der Waals surface area contributed by atoms with E-state index in [0.29, 0.717) is 25.0 Å². The highest BCUT2D eigenvalue weighted by Gasteiger charge is 2.50. The van der Waals surface area contributed by atoms with Crippen LogP contribution in [-0.2, 0) is 24.0 Å². The molecule has 2 atom stereocenters. The second kappa shape index (κ2) is 5.50. The second-order valence-corrected chi connectivity index (χ2v) is 6.73. The predicted molar refractivity (Wildman–Crippen MR) is 71.8 cm³/mol. The number of carbonyl (C=O) groups excluding carboxylic acids is 2. The Bertz CT molecular complexity index is 794. The summed E-state index contributed by atoms with van der Waals surface area (Å²) in [7, 11) is -4.78. The molecule has 1 saturated heterocycles. The first-order chi connectivity index (χ1) is 10.8. The zero-order chi connectivity index (χ0) is 16.8. The molecule has 23 heavy (non-hydrogen) atoms. The van der Waals surface area contributed by atoms with Gasteiger partial charge in [-0.05, 0) is 25.0 Å². The molecule has 0 aromatic heterocycles. The third-order valence-electron chi connectivity index (χ3n) is 3.80. The van der Waals surface area contributed by atoms with E-state index in [1.807, 2.05) is 0 Å². The number of benzene rings is 1. The fourth-order valence-electron chi connectivity index (χ4n) is 2.66. The van der Waals surface area contributed by atoms with Crippen LogP contribution in [0.4, 0.5) is 8.78 Å². The highest BCUT2D eigenvalue weighted by atomic mass is 32.2. The van der Waals surface area contributed by atoms with Gasteiger partial charge in [0.25, 0.3) is 11.8 Å². The van der Waals surface area contributed by atoms with Crippen LogP contribution in [0.1, 0.15) is 12.8 Å². The van der Waals surface area contributed by atoms with Gasteiger partial charge in [0.2, 0.25) is 0 Å². The van der Waals surface area contributed by atoms with Crippen molar-refractivity contribution in [3.8, 4) is 0 Å². The number of imide groups is 1. The molecule has 1 aromatic rings. The van der Waals surface area contributed by atoms with Gasteiger partial charge in [-0.1, -0.05) is 12.2 Å². The molecule has 0 bridgehead atoms. The Morgan fingerprint density at radius 1 is 1.04 bits per heavy atom. The number of amides is 2. The Morgan fingerprint density at radius 2 is 1.61 bits per heavy atom. The smallest absolute Gasteiger partial charge is 0.272 e. The molecular formula is C14H11F2NO5S. The summed E-state index contributed by atoms with van der Waals surface area (Å²) in [5.41, 5.74) is 0. The zero-order valence-electron chi connectivity index (χ0n) is 11.6. The number of hydrogen-bond acceptors (Lipinski definition) is 5. The maximum atomic E-state index is 13.6. The van der Waals surface area contributed by atoms with Crippen LogP contribution in [0.2, 0.25) is 0 Å². The Morgan fingerprint density at radius 3 is 2.13 bits per heavy atom. The summed E-state index contributed by atoms with van der Waals surface area (Å²) in [6.07, 6.45) is 4.06. The molecule has 1 fully saturated rings. The zero-order valence-corrected chi connectivity index (χ0v) is 12.4. The van der Waals surface area contributed by atoms with Crippen LogP contribution >= 0.6 is 0 Å². The van der Waals surface area contributed by atoms with Crippen LogP contribution in [0.25, 0.3) is 0 Å². The third-order valence-corrected chi connectivity index (χ3v) is 5.02. The summed E-state index contributed by atoms with van der Waals surface area (Å²) in [6, 6.07) is 1.77. The van der Waals surface area contributed by atoms with Gasteiger partial charge in [-0.2, -0.15) is 8.42 Å². The van der Waals surface area contributed by atoms with Crippen molar-refractivity contribution in [2.45, 2.75) is 17.7 Å². The molecule has 3 rings (SSSR count). The normalized spacial score (nSPS) is 24.2. The minimum Gasteiger partial charge on any atom is -0.272 e. The number of hydroxylamine groups is 2. The summed E-state index contributed by atoms with van der Waals surface area (Å²) in [4.78, 5) is 23.3. The first kappa shape index (κ1) is 15.8. The van der Waals surface area contributed by atoms with E-state index in [1.165, 1.54) is 0 Å². The summed E-state index contributed by atoms with van der Waals surface area (Å²) in [5.74, 6) is -5.26. The lowest BCUT2D eigenvalue weighted by molar-refractivity contribution is -0.165. The molecule has 2 amide bonds. The molecular weight excluding hydrogens is 332 g/mol. The van der Waals surface area contributed by atoms with Crippen molar-refractivity contribution < 1.29 is 31.1 Å². The minimum absolute atomic E-state index is 0.167. The van der Waals surface area contributed by atoms with E-state index in [4.69, 9.17) is 0 Å². The molecule has 0 radical (unpaired) electrons. The van der Waals surface area contributed by atoms with Crippen molar-refractivity contribution in [1.29, 1.82) is 0 Å². The molecule has 1 heterocycles. The number of nitrogens with zero attached hydrogens (tertiary/aromatic N) is 1. The Labute approximate surface area is 130 Å². The number of carbonyl (C=O) groups is 2. The third kappa shape index (κ3) is 2.66. The van der Waals surface area contributed by atoms with Crippen molar-refractivity contribution >= 4 is 21.9 Å². The lowest BCUT2D eigenvalue weighted by Gasteiger charge is -2.14. The fraction of sp³-hybridized carbons (Fsp3) is 0.286. The standard InChI is InChI=1S/C14H11F2NO5S/c15-8-5-6-12(11(16)7-8)23(20,21)22-17-13(18)9-3-1-2-4-10(9)14(17)19/h1-2,5-7,9-10H,3-4H2. The van der Waals surface area contributed by atoms with E-state index < -0.39 is 50.3 Å². The molecule has 0 N–H and O–H groups in total. The lowest BCUT2D eigenvalue weighted by Crippen LogP contribution is -2.34. The van der Waals surface area contributed by atoms with Gasteiger partial charge in [-0.3, -0.25) is 9.59 Å². The monoisotopic (exact) mass is 343 g/mol. The van der Waals surface area contributed by atoms with Crippen molar-refractivity contribution in [3.05, 3.63) is 42.0 Å². The summed E-state index contributed by atoms with van der Waals surface area (Å²) < 4.78 is 55.2. The number of halogens is 2. The van der Waals surface area contributed by atoms with E-state index in [2.05, 4.69) is 4.28 Å². The van der Waals surface area contributed by atoms with Gasteiger partial charge in [0.1, 0.15) is 16.5 Å². The maximum absolute atomic E-state index is 13.6. The van der Waals surface area contributed by atoms with Crippen molar-refractivity contribution in [2.75, 3.05) is 0 Å². The molecule has 1 aromatic carbocycles. The second-order valence-electron chi connectivity index (χ2n) is 5.23. The van der Waals surface area contributed by atoms with Crippen molar-refractivity contribution in [1.82, 2.24) is 5.06 Å². The average molecular weight is 343 g/mol. The molecule has 2 unspecified atom stereocenters. The van der Waals surface area contributed by atoms with E-state index in [1.54, 1.807) is 12.2 Å². The van der Waals surface area contributed by atoms with Crippen LogP contribution in [-0.4, -0.2) is 25.3 Å². The molecule has 2 aliphatic rings. The van der Waals surface area contributed by atoms with Gasteiger partial charge in [-0.15, -0.1) is 9.35 Å². The van der Waals surface area contributed by atoms with Gasteiger partial charge in [0.15, 0.2) is 0 Å². The molecule has 0 spiro atoms. The van der Waals surface area contributed by atoms with Crippen LogP contribution in [0.3, 0.4) is 0 Å². The first-order valence-corrected chi connectivity index (χ1v) is 8.14. The van der Waals surface area contributed by atoms with Crippen LogP contribution < -0.4 is 0 Å². The number of hydrogen-bond donors (Lipinski definition) is 0. The highest BCUT2D eigenvalue weighted by molar-refractivity contribution is 7.86. The molecule has 1 aliphatic heterocycles. The SMILES string of the molecule is O=C1C2CC=CCC2C(=O)N1OS(=O)(=O)c1ccc(F)cc1F. The fourth-order valence-corrected chi connectivity index (χ4v) is 3.62. The number of fused-ring (bicyclic) bond motifs is 1. The van der Waals surface area contributed by atoms with Crippen LogP contribution in [0, 0.1) is 23.5 Å². The molecule has 0 saturated carbocycles. The average Bonchev–Trinajstić information content (AvgIpc) is 2.72. The summed E-state index contributed by atoms with van der Waals surface area (Å²) in [6.45, 7) is 0. The first-order valence-electron chi connectivity index (χ1n) is 6.74.